The van der Waals surface area contributed by atoms with Gasteiger partial charge in [0.05, 0.1) is 5.41 Å². The lowest BCUT2D eigenvalue weighted by Gasteiger charge is -2.42. The summed E-state index contributed by atoms with van der Waals surface area (Å²) >= 11 is 0. The molecule has 0 unspecified atom stereocenters. The molecule has 162 valence electrons. The van der Waals surface area contributed by atoms with Crippen molar-refractivity contribution < 1.29 is 9.59 Å². The highest BCUT2D eigenvalue weighted by Crippen LogP contribution is 2.42. The number of hydrogen-bond acceptors (Lipinski definition) is 3. The maximum Gasteiger partial charge on any atom is 0.228 e. The summed E-state index contributed by atoms with van der Waals surface area (Å²) in [5.74, 6) is 0.846. The molecule has 0 spiro atoms. The van der Waals surface area contributed by atoms with Gasteiger partial charge in [0, 0.05) is 37.9 Å². The van der Waals surface area contributed by atoms with Crippen LogP contribution in [0, 0.1) is 17.3 Å². The van der Waals surface area contributed by atoms with Gasteiger partial charge in [0.15, 0.2) is 0 Å². The van der Waals surface area contributed by atoms with Gasteiger partial charge in [-0.3, -0.25) is 14.6 Å². The Morgan fingerprint density at radius 1 is 1.26 bits per heavy atom. The molecule has 2 aromatic rings. The van der Waals surface area contributed by atoms with Crippen LogP contribution in [0.15, 0.2) is 61.4 Å². The molecule has 0 radical (unpaired) electrons. The van der Waals surface area contributed by atoms with Crippen LogP contribution in [0.2, 0.25) is 0 Å². The molecule has 5 nitrogen and oxygen atoms in total. The third-order valence-electron chi connectivity index (χ3n) is 6.69. The highest BCUT2D eigenvalue weighted by Gasteiger charge is 2.47. The molecular formula is C26H31N3O2. The molecule has 2 heterocycles. The summed E-state index contributed by atoms with van der Waals surface area (Å²) in [6, 6.07) is 12.3. The van der Waals surface area contributed by atoms with Gasteiger partial charge in [-0.25, -0.2) is 0 Å². The zero-order valence-corrected chi connectivity index (χ0v) is 18.2. The maximum absolute atomic E-state index is 13.4. The number of carbonyl (C=O) groups excluding carboxylic acids is 2. The van der Waals surface area contributed by atoms with Gasteiger partial charge in [0.25, 0.3) is 0 Å². The Kier molecular flexibility index (Phi) is 6.21. The van der Waals surface area contributed by atoms with Crippen molar-refractivity contribution in [1.82, 2.24) is 15.2 Å². The van der Waals surface area contributed by atoms with Crippen LogP contribution in [0.4, 0.5) is 0 Å². The fourth-order valence-electron chi connectivity index (χ4n) is 4.78. The molecule has 2 aliphatic rings. The summed E-state index contributed by atoms with van der Waals surface area (Å²) in [4.78, 5) is 32.4. The largest absolute Gasteiger partial charge is 0.352 e. The fourth-order valence-corrected chi connectivity index (χ4v) is 4.78. The Balaban J connectivity index is 1.60. The number of aromatic nitrogens is 1. The van der Waals surface area contributed by atoms with Crippen molar-refractivity contribution in [1.29, 1.82) is 0 Å². The first-order chi connectivity index (χ1) is 15.0. The summed E-state index contributed by atoms with van der Waals surface area (Å²) < 4.78 is 0. The molecule has 1 saturated heterocycles. The number of amides is 2. The van der Waals surface area contributed by atoms with Gasteiger partial charge in [0.2, 0.25) is 11.8 Å². The van der Waals surface area contributed by atoms with Crippen molar-refractivity contribution in [2.75, 3.05) is 19.6 Å². The minimum Gasteiger partial charge on any atom is -0.352 e. The average Bonchev–Trinajstić information content (AvgIpc) is 3.54. The summed E-state index contributed by atoms with van der Waals surface area (Å²) in [6.07, 6.45) is 8.48. The summed E-state index contributed by atoms with van der Waals surface area (Å²) in [5, 5.41) is 3.02. The molecule has 2 amide bonds. The smallest absolute Gasteiger partial charge is 0.228 e. The lowest BCUT2D eigenvalue weighted by Crippen LogP contribution is -2.54. The highest BCUT2D eigenvalue weighted by atomic mass is 16.2. The van der Waals surface area contributed by atoms with E-state index in [9.17, 15) is 9.59 Å². The molecule has 3 atom stereocenters. The number of carbonyl (C=O) groups is 2. The Morgan fingerprint density at radius 3 is 2.74 bits per heavy atom. The first kappa shape index (κ1) is 21.3. The number of rotatable bonds is 7. The lowest BCUT2D eigenvalue weighted by atomic mass is 9.73. The summed E-state index contributed by atoms with van der Waals surface area (Å²) in [5.41, 5.74) is 2.70. The van der Waals surface area contributed by atoms with Gasteiger partial charge in [-0.2, -0.15) is 0 Å². The number of piperidine rings is 1. The van der Waals surface area contributed by atoms with Crippen LogP contribution in [0.5, 0.6) is 0 Å². The molecule has 1 aliphatic heterocycles. The second-order valence-corrected chi connectivity index (χ2v) is 9.07. The van der Waals surface area contributed by atoms with E-state index >= 15 is 0 Å². The van der Waals surface area contributed by atoms with E-state index < -0.39 is 5.41 Å². The van der Waals surface area contributed by atoms with Gasteiger partial charge < -0.3 is 10.2 Å². The molecule has 5 heteroatoms. The third kappa shape index (κ3) is 4.71. The second kappa shape index (κ2) is 9.04. The van der Waals surface area contributed by atoms with Crippen LogP contribution in [-0.4, -0.2) is 41.3 Å². The number of nitrogens with zero attached hydrogens (tertiary/aromatic N) is 2. The minimum absolute atomic E-state index is 0.0167. The van der Waals surface area contributed by atoms with Gasteiger partial charge in [0.1, 0.15) is 0 Å². The van der Waals surface area contributed by atoms with E-state index in [1.807, 2.05) is 23.1 Å². The van der Waals surface area contributed by atoms with E-state index in [1.165, 1.54) is 0 Å². The first-order valence-corrected chi connectivity index (χ1v) is 11.2. The molecule has 31 heavy (non-hydrogen) atoms. The van der Waals surface area contributed by atoms with E-state index in [1.54, 1.807) is 18.5 Å². The summed E-state index contributed by atoms with van der Waals surface area (Å²) in [6.45, 7) is 7.52. The molecule has 1 aromatic heterocycles. The zero-order chi connectivity index (χ0) is 21.8. The molecule has 1 aliphatic carbocycles. The van der Waals surface area contributed by atoms with Crippen LogP contribution >= 0.6 is 0 Å². The van der Waals surface area contributed by atoms with Crippen LogP contribution in [0.25, 0.3) is 11.1 Å². The van der Waals surface area contributed by atoms with E-state index in [4.69, 9.17) is 0 Å². The fraction of sp³-hybridized carbons (Fsp3) is 0.423. The van der Waals surface area contributed by atoms with Crippen molar-refractivity contribution in [3.8, 4) is 11.1 Å². The topological polar surface area (TPSA) is 62.3 Å². The molecule has 0 bridgehead atoms. The van der Waals surface area contributed by atoms with E-state index in [0.29, 0.717) is 25.4 Å². The molecule has 2 fully saturated rings. The molecule has 1 saturated carbocycles. The number of benzene rings is 1. The molecular weight excluding hydrogens is 386 g/mol. The van der Waals surface area contributed by atoms with Crippen molar-refractivity contribution in [2.24, 2.45) is 17.3 Å². The normalized spacial score (nSPS) is 25.0. The van der Waals surface area contributed by atoms with Crippen LogP contribution in [0.1, 0.15) is 31.7 Å². The first-order valence-electron chi connectivity index (χ1n) is 11.2. The standard InChI is InChI=1S/C26H31N3O2/c1-3-11-28-25(31)26(10-5-14-29(18-26)24(30)23-15-19(23)2)17-20-6-4-7-22(16-20)21-8-12-27-13-9-21/h3-4,6-9,12-13,16,19,23H,1,5,10-11,14-15,17-18H2,2H3,(H,28,31)/t19-,23-,26-/m0/s1. The van der Waals surface area contributed by atoms with Crippen molar-refractivity contribution in [3.05, 3.63) is 67.0 Å². The van der Waals surface area contributed by atoms with E-state index in [2.05, 4.69) is 42.0 Å². The lowest BCUT2D eigenvalue weighted by molar-refractivity contribution is -0.142. The SMILES string of the molecule is C=CCNC(=O)[C@]1(Cc2cccc(-c3ccncc3)c2)CCCN(C(=O)[C@H]2C[C@@H]2C)C1. The van der Waals surface area contributed by atoms with Gasteiger partial charge in [-0.15, -0.1) is 6.58 Å². The zero-order valence-electron chi connectivity index (χ0n) is 18.2. The van der Waals surface area contributed by atoms with E-state index in [0.717, 1.165) is 42.5 Å². The quantitative estimate of drug-likeness (QED) is 0.696. The number of likely N-dealkylation sites (tertiary alicyclic amines) is 1. The molecule has 1 aromatic carbocycles. The highest BCUT2D eigenvalue weighted by molar-refractivity contribution is 5.86. The number of pyridine rings is 1. The predicted octanol–water partition coefficient (Wildman–Crippen LogP) is 3.86. The van der Waals surface area contributed by atoms with Crippen LogP contribution in [0.3, 0.4) is 0 Å². The summed E-state index contributed by atoms with van der Waals surface area (Å²) in [7, 11) is 0. The maximum atomic E-state index is 13.4. The predicted molar refractivity (Wildman–Crippen MR) is 122 cm³/mol. The minimum atomic E-state index is -0.619. The Bertz CT molecular complexity index is 958. The Labute approximate surface area is 184 Å². The van der Waals surface area contributed by atoms with Gasteiger partial charge in [-0.1, -0.05) is 37.3 Å². The van der Waals surface area contributed by atoms with Crippen LogP contribution < -0.4 is 5.32 Å². The average molecular weight is 418 g/mol. The number of hydrogen-bond donors (Lipinski definition) is 1. The molecule has 1 N–H and O–H groups in total. The van der Waals surface area contributed by atoms with Gasteiger partial charge >= 0.3 is 0 Å². The Morgan fingerprint density at radius 2 is 2.03 bits per heavy atom. The van der Waals surface area contributed by atoms with Crippen LogP contribution in [-0.2, 0) is 16.0 Å². The van der Waals surface area contributed by atoms with Crippen molar-refractivity contribution >= 4 is 11.8 Å². The van der Waals surface area contributed by atoms with Gasteiger partial charge in [-0.05, 0) is 60.4 Å². The Hall–Kier alpha value is -2.95. The monoisotopic (exact) mass is 417 g/mol. The van der Waals surface area contributed by atoms with Crippen molar-refractivity contribution in [2.45, 2.75) is 32.6 Å². The third-order valence-corrected chi connectivity index (χ3v) is 6.69. The number of nitrogens with one attached hydrogen (secondary N) is 1. The van der Waals surface area contributed by atoms with Crippen molar-refractivity contribution in [3.63, 3.8) is 0 Å². The van der Waals surface area contributed by atoms with E-state index in [-0.39, 0.29) is 17.7 Å². The molecule has 4 rings (SSSR count). The second-order valence-electron chi connectivity index (χ2n) is 9.07.